The first-order valence-electron chi connectivity index (χ1n) is 13.8. The van der Waals surface area contributed by atoms with Gasteiger partial charge in [0, 0.05) is 67.9 Å². The molecule has 1 saturated heterocycles. The van der Waals surface area contributed by atoms with Crippen LogP contribution in [0.1, 0.15) is 76.8 Å². The van der Waals surface area contributed by atoms with Crippen molar-refractivity contribution in [3.8, 4) is 11.1 Å². The summed E-state index contributed by atoms with van der Waals surface area (Å²) in [5.74, 6) is -1.87. The first kappa shape index (κ1) is 26.0. The highest BCUT2D eigenvalue weighted by Crippen LogP contribution is 2.37. The second-order valence-corrected chi connectivity index (χ2v) is 11.0. The lowest BCUT2D eigenvalue weighted by atomic mass is 9.93. The van der Waals surface area contributed by atoms with Crippen LogP contribution in [0.15, 0.2) is 36.7 Å². The number of hydrogen-bond donors (Lipinski definition) is 2. The molecule has 1 aromatic carbocycles. The van der Waals surface area contributed by atoms with E-state index in [2.05, 4.69) is 64.1 Å². The number of fused-ring (bicyclic) bond motifs is 1. The van der Waals surface area contributed by atoms with E-state index in [1.807, 2.05) is 6.20 Å². The molecule has 0 radical (unpaired) electrons. The number of aliphatic hydroxyl groups is 1. The van der Waals surface area contributed by atoms with Gasteiger partial charge in [-0.3, -0.25) is 4.90 Å². The van der Waals surface area contributed by atoms with E-state index < -0.39 is 5.92 Å². The van der Waals surface area contributed by atoms with Crippen LogP contribution in [0.25, 0.3) is 22.2 Å². The zero-order valence-corrected chi connectivity index (χ0v) is 22.0. The van der Waals surface area contributed by atoms with Crippen LogP contribution >= 0.6 is 0 Å². The summed E-state index contributed by atoms with van der Waals surface area (Å²) < 4.78 is 29.3. The third-order valence-electron chi connectivity index (χ3n) is 7.99. The number of rotatable bonds is 8. The van der Waals surface area contributed by atoms with Crippen LogP contribution in [0.3, 0.4) is 0 Å². The number of aliphatic hydroxyl groups excluding tert-OH is 1. The molecular formula is C29H39F2N5O. The molecule has 37 heavy (non-hydrogen) atoms. The standard InChI is InChI=1S/C29H39F2N5O/c1-3-4-20(2)33-28-32-17-25-26(19-36(27(25)34-28)23-9-11-24(37)12-10-23)22-7-5-21(6-8-22)18-35-15-13-29(30,31)14-16-35/h5-8,17,19-20,23-24,37H,3-4,9-16,18H2,1-2H3,(H,32,33,34). The van der Waals surface area contributed by atoms with Crippen molar-refractivity contribution in [3.05, 3.63) is 42.2 Å². The molecule has 0 spiro atoms. The van der Waals surface area contributed by atoms with Crippen molar-refractivity contribution in [2.75, 3.05) is 18.4 Å². The molecule has 2 aliphatic rings. The second kappa shape index (κ2) is 11.0. The minimum atomic E-state index is -2.52. The van der Waals surface area contributed by atoms with E-state index in [-0.39, 0.29) is 18.9 Å². The summed E-state index contributed by atoms with van der Waals surface area (Å²) in [5, 5.41) is 14.5. The number of likely N-dealkylation sites (tertiary alicyclic amines) is 1. The number of aromatic nitrogens is 3. The number of anilines is 1. The van der Waals surface area contributed by atoms with E-state index >= 15 is 0 Å². The van der Waals surface area contributed by atoms with Crippen molar-refractivity contribution in [2.24, 2.45) is 0 Å². The smallest absolute Gasteiger partial charge is 0.250 e. The maximum atomic E-state index is 13.5. The largest absolute Gasteiger partial charge is 0.393 e. The SMILES string of the molecule is CCCC(C)Nc1ncc2c(-c3ccc(CN4CCC(F)(F)CC4)cc3)cn(C3CCC(O)CC3)c2n1. The van der Waals surface area contributed by atoms with E-state index in [1.54, 1.807) is 0 Å². The summed E-state index contributed by atoms with van der Waals surface area (Å²) in [4.78, 5) is 11.7. The maximum absolute atomic E-state index is 13.5. The average Bonchev–Trinajstić information content (AvgIpc) is 3.25. The van der Waals surface area contributed by atoms with Gasteiger partial charge in [0.15, 0.2) is 0 Å². The maximum Gasteiger partial charge on any atom is 0.250 e. The number of nitrogens with one attached hydrogen (secondary N) is 1. The van der Waals surface area contributed by atoms with Crippen LogP contribution in [0.2, 0.25) is 0 Å². The molecule has 3 heterocycles. The predicted molar refractivity (Wildman–Crippen MR) is 144 cm³/mol. The van der Waals surface area contributed by atoms with Gasteiger partial charge in [-0.25, -0.2) is 13.8 Å². The van der Waals surface area contributed by atoms with Gasteiger partial charge in [-0.1, -0.05) is 37.6 Å². The van der Waals surface area contributed by atoms with Crippen LogP contribution in [0.5, 0.6) is 0 Å². The van der Waals surface area contributed by atoms with Crippen molar-refractivity contribution in [2.45, 2.75) is 95.9 Å². The average molecular weight is 512 g/mol. The third kappa shape index (κ3) is 6.12. The molecule has 6 nitrogen and oxygen atoms in total. The summed E-state index contributed by atoms with van der Waals surface area (Å²) in [6.45, 7) is 5.89. The van der Waals surface area contributed by atoms with Crippen molar-refractivity contribution in [1.82, 2.24) is 19.4 Å². The van der Waals surface area contributed by atoms with E-state index in [1.165, 1.54) is 0 Å². The Morgan fingerprint density at radius 2 is 1.81 bits per heavy atom. The Bertz CT molecular complexity index is 1180. The highest BCUT2D eigenvalue weighted by Gasteiger charge is 2.33. The Labute approximate surface area is 218 Å². The number of halogens is 2. The number of benzene rings is 1. The summed E-state index contributed by atoms with van der Waals surface area (Å²) >= 11 is 0. The summed E-state index contributed by atoms with van der Waals surface area (Å²) in [7, 11) is 0. The molecule has 2 fully saturated rings. The van der Waals surface area contributed by atoms with Gasteiger partial charge >= 0.3 is 0 Å². The Morgan fingerprint density at radius 1 is 1.11 bits per heavy atom. The Morgan fingerprint density at radius 3 is 2.49 bits per heavy atom. The molecule has 200 valence electrons. The van der Waals surface area contributed by atoms with Gasteiger partial charge in [0.25, 0.3) is 5.92 Å². The van der Waals surface area contributed by atoms with Crippen molar-refractivity contribution < 1.29 is 13.9 Å². The monoisotopic (exact) mass is 511 g/mol. The Kier molecular flexibility index (Phi) is 7.77. The van der Waals surface area contributed by atoms with Crippen LogP contribution in [0.4, 0.5) is 14.7 Å². The number of alkyl halides is 2. The van der Waals surface area contributed by atoms with Crippen LogP contribution < -0.4 is 5.32 Å². The van der Waals surface area contributed by atoms with Gasteiger partial charge < -0.3 is 15.0 Å². The fourth-order valence-electron chi connectivity index (χ4n) is 5.76. The second-order valence-electron chi connectivity index (χ2n) is 11.0. The number of piperidine rings is 1. The third-order valence-corrected chi connectivity index (χ3v) is 7.99. The lowest BCUT2D eigenvalue weighted by Gasteiger charge is -2.31. The summed E-state index contributed by atoms with van der Waals surface area (Å²) in [5.41, 5.74) is 4.25. The van der Waals surface area contributed by atoms with Crippen molar-refractivity contribution in [3.63, 3.8) is 0 Å². The van der Waals surface area contributed by atoms with Gasteiger partial charge in [0.2, 0.25) is 5.95 Å². The molecule has 2 aromatic heterocycles. The molecule has 1 unspecified atom stereocenters. The van der Waals surface area contributed by atoms with Crippen LogP contribution in [-0.2, 0) is 6.54 Å². The number of hydrogen-bond acceptors (Lipinski definition) is 5. The predicted octanol–water partition coefficient (Wildman–Crippen LogP) is 6.41. The van der Waals surface area contributed by atoms with Gasteiger partial charge in [0.1, 0.15) is 5.65 Å². The molecule has 0 amide bonds. The topological polar surface area (TPSA) is 66.2 Å². The van der Waals surface area contributed by atoms with Crippen LogP contribution in [0, 0.1) is 0 Å². The van der Waals surface area contributed by atoms with Crippen molar-refractivity contribution in [1.29, 1.82) is 0 Å². The molecule has 1 aliphatic carbocycles. The van der Waals surface area contributed by atoms with E-state index in [4.69, 9.17) is 4.98 Å². The van der Waals surface area contributed by atoms with Crippen LogP contribution in [-0.4, -0.2) is 55.7 Å². The van der Waals surface area contributed by atoms with E-state index in [9.17, 15) is 13.9 Å². The lowest BCUT2D eigenvalue weighted by molar-refractivity contribution is -0.0566. The zero-order chi connectivity index (χ0) is 26.0. The van der Waals surface area contributed by atoms with E-state index in [0.717, 1.165) is 66.2 Å². The Balaban J connectivity index is 1.41. The summed E-state index contributed by atoms with van der Waals surface area (Å²) in [6.07, 6.45) is 9.42. The molecule has 0 bridgehead atoms. The molecule has 1 aliphatic heterocycles. The summed E-state index contributed by atoms with van der Waals surface area (Å²) in [6, 6.07) is 9.04. The normalized spacial score (nSPS) is 23.3. The van der Waals surface area contributed by atoms with E-state index in [0.29, 0.717) is 37.7 Å². The molecule has 1 atom stereocenters. The molecular weight excluding hydrogens is 472 g/mol. The quantitative estimate of drug-likeness (QED) is 0.366. The first-order chi connectivity index (χ1) is 17.8. The minimum absolute atomic E-state index is 0.0587. The van der Waals surface area contributed by atoms with Gasteiger partial charge in [-0.15, -0.1) is 0 Å². The Hall–Kier alpha value is -2.58. The van der Waals surface area contributed by atoms with Gasteiger partial charge in [0.05, 0.1) is 6.10 Å². The molecule has 1 saturated carbocycles. The lowest BCUT2D eigenvalue weighted by Crippen LogP contribution is -2.38. The zero-order valence-electron chi connectivity index (χ0n) is 22.0. The molecule has 8 heteroatoms. The molecule has 2 N–H and O–H groups in total. The fraction of sp³-hybridized carbons (Fsp3) is 0.586. The minimum Gasteiger partial charge on any atom is -0.393 e. The molecule has 3 aromatic rings. The van der Waals surface area contributed by atoms with Crippen molar-refractivity contribution >= 4 is 17.0 Å². The highest BCUT2D eigenvalue weighted by molar-refractivity contribution is 5.94. The number of nitrogens with zero attached hydrogens (tertiary/aromatic N) is 4. The molecule has 5 rings (SSSR count). The fourth-order valence-corrected chi connectivity index (χ4v) is 5.76. The highest BCUT2D eigenvalue weighted by atomic mass is 19.3. The first-order valence-corrected chi connectivity index (χ1v) is 13.8. The van der Waals surface area contributed by atoms with Gasteiger partial charge in [-0.05, 0) is 50.2 Å². The van der Waals surface area contributed by atoms with Gasteiger partial charge in [-0.2, -0.15) is 4.98 Å².